The van der Waals surface area contributed by atoms with Crippen LogP contribution in [0.5, 0.6) is 0 Å². The van der Waals surface area contributed by atoms with E-state index in [1.807, 2.05) is 6.92 Å². The highest BCUT2D eigenvalue weighted by molar-refractivity contribution is 5.87. The molecule has 1 aliphatic carbocycles. The van der Waals surface area contributed by atoms with Crippen molar-refractivity contribution in [1.29, 1.82) is 0 Å². The summed E-state index contributed by atoms with van der Waals surface area (Å²) in [4.78, 5) is 24.5. The normalized spacial score (nSPS) is 18.4. The standard InChI is InChI=1S/C11H21N3O2/c1-2-9(12)11(16)14(7-10(13)15)8-5-3-4-6-8/h8-9H,2-7,12H2,1H3,(H2,13,15)/t9-/m1/s1. The maximum atomic E-state index is 12.0. The van der Waals surface area contributed by atoms with E-state index >= 15 is 0 Å². The van der Waals surface area contributed by atoms with Gasteiger partial charge in [-0.15, -0.1) is 0 Å². The molecule has 0 aromatic rings. The number of amides is 2. The zero-order valence-electron chi connectivity index (χ0n) is 9.82. The van der Waals surface area contributed by atoms with Crippen molar-refractivity contribution in [3.05, 3.63) is 0 Å². The zero-order valence-corrected chi connectivity index (χ0v) is 9.82. The van der Waals surface area contributed by atoms with Crippen LogP contribution >= 0.6 is 0 Å². The molecule has 0 aromatic heterocycles. The van der Waals surface area contributed by atoms with Crippen LogP contribution < -0.4 is 11.5 Å². The van der Waals surface area contributed by atoms with Gasteiger partial charge < -0.3 is 16.4 Å². The number of hydrogen-bond acceptors (Lipinski definition) is 3. The minimum absolute atomic E-state index is 0.00278. The highest BCUT2D eigenvalue weighted by Gasteiger charge is 2.29. The summed E-state index contributed by atoms with van der Waals surface area (Å²) in [5.74, 6) is -0.614. The van der Waals surface area contributed by atoms with Gasteiger partial charge in [-0.3, -0.25) is 9.59 Å². The van der Waals surface area contributed by atoms with Crippen LogP contribution in [0.4, 0.5) is 0 Å². The molecule has 1 aliphatic rings. The van der Waals surface area contributed by atoms with Gasteiger partial charge in [0.2, 0.25) is 11.8 Å². The lowest BCUT2D eigenvalue weighted by molar-refractivity contribution is -0.138. The van der Waals surface area contributed by atoms with Gasteiger partial charge in [0.05, 0.1) is 12.6 Å². The maximum Gasteiger partial charge on any atom is 0.240 e. The second-order valence-electron chi connectivity index (χ2n) is 4.39. The van der Waals surface area contributed by atoms with Crippen molar-refractivity contribution in [2.45, 2.75) is 51.1 Å². The maximum absolute atomic E-state index is 12.0. The fourth-order valence-electron chi connectivity index (χ4n) is 2.16. The lowest BCUT2D eigenvalue weighted by atomic mass is 10.1. The molecule has 0 radical (unpaired) electrons. The first-order chi connectivity index (χ1) is 7.56. The predicted molar refractivity (Wildman–Crippen MR) is 61.4 cm³/mol. The average molecular weight is 227 g/mol. The van der Waals surface area contributed by atoms with Gasteiger partial charge in [-0.1, -0.05) is 19.8 Å². The van der Waals surface area contributed by atoms with Crippen molar-refractivity contribution in [2.24, 2.45) is 11.5 Å². The molecule has 0 aromatic carbocycles. The summed E-state index contributed by atoms with van der Waals surface area (Å²) in [6.45, 7) is 1.86. The molecule has 2 amide bonds. The van der Waals surface area contributed by atoms with E-state index in [4.69, 9.17) is 11.5 Å². The highest BCUT2D eigenvalue weighted by atomic mass is 16.2. The summed E-state index contributed by atoms with van der Waals surface area (Å²) in [6.07, 6.45) is 4.70. The Labute approximate surface area is 96.1 Å². The molecule has 5 nitrogen and oxygen atoms in total. The first-order valence-corrected chi connectivity index (χ1v) is 5.90. The van der Waals surface area contributed by atoms with Crippen LogP contribution in [0.3, 0.4) is 0 Å². The van der Waals surface area contributed by atoms with Gasteiger partial charge in [0, 0.05) is 6.04 Å². The van der Waals surface area contributed by atoms with Crippen molar-refractivity contribution < 1.29 is 9.59 Å². The SMILES string of the molecule is CC[C@@H](N)C(=O)N(CC(N)=O)C1CCCC1. The second kappa shape index (κ2) is 5.84. The zero-order chi connectivity index (χ0) is 12.1. The highest BCUT2D eigenvalue weighted by Crippen LogP contribution is 2.23. The van der Waals surface area contributed by atoms with E-state index < -0.39 is 11.9 Å². The lowest BCUT2D eigenvalue weighted by Crippen LogP contribution is -2.50. The summed E-state index contributed by atoms with van der Waals surface area (Å²) >= 11 is 0. The Morgan fingerprint density at radius 3 is 2.38 bits per heavy atom. The Bertz CT molecular complexity index is 262. The van der Waals surface area contributed by atoms with Crippen molar-refractivity contribution in [3.63, 3.8) is 0 Å². The Morgan fingerprint density at radius 1 is 1.38 bits per heavy atom. The summed E-state index contributed by atoms with van der Waals surface area (Å²) < 4.78 is 0. The molecule has 1 fully saturated rings. The molecule has 92 valence electrons. The fourth-order valence-corrected chi connectivity index (χ4v) is 2.16. The minimum Gasteiger partial charge on any atom is -0.368 e. The van der Waals surface area contributed by atoms with Crippen LogP contribution in [0.1, 0.15) is 39.0 Å². The predicted octanol–water partition coefficient (Wildman–Crippen LogP) is -0.0198. The van der Waals surface area contributed by atoms with E-state index in [1.165, 1.54) is 0 Å². The molecule has 5 heteroatoms. The molecule has 0 spiro atoms. The molecule has 16 heavy (non-hydrogen) atoms. The van der Waals surface area contributed by atoms with Crippen molar-refractivity contribution >= 4 is 11.8 Å². The van der Waals surface area contributed by atoms with E-state index in [1.54, 1.807) is 4.90 Å². The van der Waals surface area contributed by atoms with E-state index in [9.17, 15) is 9.59 Å². The fraction of sp³-hybridized carbons (Fsp3) is 0.818. The van der Waals surface area contributed by atoms with Crippen LogP contribution in [0.25, 0.3) is 0 Å². The Hall–Kier alpha value is -1.10. The van der Waals surface area contributed by atoms with Crippen molar-refractivity contribution in [2.75, 3.05) is 6.54 Å². The van der Waals surface area contributed by atoms with Gasteiger partial charge in [0.15, 0.2) is 0 Å². The number of nitrogens with zero attached hydrogens (tertiary/aromatic N) is 1. The number of rotatable bonds is 5. The minimum atomic E-state index is -0.514. The van der Waals surface area contributed by atoms with E-state index in [0.717, 1.165) is 25.7 Å². The van der Waals surface area contributed by atoms with Gasteiger partial charge >= 0.3 is 0 Å². The molecule has 4 N–H and O–H groups in total. The number of carbonyl (C=O) groups excluding carboxylic acids is 2. The molecule has 0 bridgehead atoms. The van der Waals surface area contributed by atoms with Crippen molar-refractivity contribution in [1.82, 2.24) is 4.90 Å². The van der Waals surface area contributed by atoms with Crippen molar-refractivity contribution in [3.8, 4) is 0 Å². The Kier molecular flexibility index (Phi) is 4.73. The molecular formula is C11H21N3O2. The van der Waals surface area contributed by atoms with Crippen LogP contribution in [0.15, 0.2) is 0 Å². The number of hydrogen-bond donors (Lipinski definition) is 2. The molecule has 0 heterocycles. The third kappa shape index (κ3) is 3.20. The van der Waals surface area contributed by atoms with Crippen LogP contribution in [0, 0.1) is 0 Å². The number of carbonyl (C=O) groups is 2. The number of primary amides is 1. The van der Waals surface area contributed by atoms with Crippen LogP contribution in [-0.4, -0.2) is 35.3 Å². The lowest BCUT2D eigenvalue weighted by Gasteiger charge is -2.29. The van der Waals surface area contributed by atoms with E-state index in [0.29, 0.717) is 6.42 Å². The van der Waals surface area contributed by atoms with Crippen LogP contribution in [0.2, 0.25) is 0 Å². The summed E-state index contributed by atoms with van der Waals surface area (Å²) in [6, 6.07) is -0.363. The molecule has 0 saturated heterocycles. The molecule has 1 atom stereocenters. The van der Waals surface area contributed by atoms with E-state index in [-0.39, 0.29) is 18.5 Å². The molecule has 1 rings (SSSR count). The molecule has 0 unspecified atom stereocenters. The molecule has 1 saturated carbocycles. The second-order valence-corrected chi connectivity index (χ2v) is 4.39. The number of nitrogens with two attached hydrogens (primary N) is 2. The third-order valence-electron chi connectivity index (χ3n) is 3.13. The van der Waals surface area contributed by atoms with Gasteiger partial charge in [-0.05, 0) is 19.3 Å². The largest absolute Gasteiger partial charge is 0.368 e. The molecule has 0 aliphatic heterocycles. The smallest absolute Gasteiger partial charge is 0.240 e. The quantitative estimate of drug-likeness (QED) is 0.691. The first kappa shape index (κ1) is 13.0. The Balaban J connectivity index is 2.69. The monoisotopic (exact) mass is 227 g/mol. The van der Waals surface area contributed by atoms with E-state index in [2.05, 4.69) is 0 Å². The van der Waals surface area contributed by atoms with Gasteiger partial charge in [0.1, 0.15) is 0 Å². The van der Waals surface area contributed by atoms with Gasteiger partial charge in [0.25, 0.3) is 0 Å². The Morgan fingerprint density at radius 2 is 1.94 bits per heavy atom. The van der Waals surface area contributed by atoms with Crippen LogP contribution in [-0.2, 0) is 9.59 Å². The average Bonchev–Trinajstić information content (AvgIpc) is 2.76. The molecular weight excluding hydrogens is 206 g/mol. The van der Waals surface area contributed by atoms with Gasteiger partial charge in [-0.2, -0.15) is 0 Å². The summed E-state index contributed by atoms with van der Waals surface area (Å²) in [7, 11) is 0. The van der Waals surface area contributed by atoms with Gasteiger partial charge in [-0.25, -0.2) is 0 Å². The topological polar surface area (TPSA) is 89.4 Å². The summed E-state index contributed by atoms with van der Waals surface area (Å²) in [5, 5.41) is 0. The first-order valence-electron chi connectivity index (χ1n) is 5.90. The third-order valence-corrected chi connectivity index (χ3v) is 3.13. The summed E-state index contributed by atoms with van der Waals surface area (Å²) in [5.41, 5.74) is 10.9.